The number of hydrogen-bond donors (Lipinski definition) is 1. The summed E-state index contributed by atoms with van der Waals surface area (Å²) in [6.07, 6.45) is 26.7. The Morgan fingerprint density at radius 1 is 0.727 bits per heavy atom. The lowest BCUT2D eigenvalue weighted by molar-refractivity contribution is -0.131. The minimum absolute atomic E-state index is 0.908. The molecule has 2 heteroatoms. The van der Waals surface area contributed by atoms with E-state index >= 15 is 0 Å². The van der Waals surface area contributed by atoms with E-state index in [-0.39, 0.29) is 0 Å². The molecule has 0 unspecified atom stereocenters. The van der Waals surface area contributed by atoms with Gasteiger partial charge in [0, 0.05) is 6.08 Å². The van der Waals surface area contributed by atoms with Crippen molar-refractivity contribution in [3.8, 4) is 0 Å². The fourth-order valence-corrected chi connectivity index (χ4v) is 2.37. The maximum Gasteiger partial charge on any atom is 0.328 e. The molecule has 0 aliphatic rings. The van der Waals surface area contributed by atoms with Crippen molar-refractivity contribution < 1.29 is 9.90 Å². The van der Waals surface area contributed by atoms with Gasteiger partial charge in [0.25, 0.3) is 0 Å². The summed E-state index contributed by atoms with van der Waals surface area (Å²) in [6.45, 7) is 2.27. The lowest BCUT2D eigenvalue weighted by Crippen LogP contribution is -1.84. The van der Waals surface area contributed by atoms with E-state index in [1.165, 1.54) is 76.7 Å². The van der Waals surface area contributed by atoms with Crippen molar-refractivity contribution in [2.45, 2.75) is 84.0 Å². The Balaban J connectivity index is 3.21. The summed E-state index contributed by atoms with van der Waals surface area (Å²) in [6, 6.07) is 0. The smallest absolute Gasteiger partial charge is 0.328 e. The molecule has 22 heavy (non-hydrogen) atoms. The van der Waals surface area contributed by atoms with Crippen LogP contribution in [0.2, 0.25) is 0 Å². The molecule has 126 valence electrons. The molecule has 0 radical (unpaired) electrons. The number of aliphatic carboxylic acids is 1. The van der Waals surface area contributed by atoms with Crippen LogP contribution in [0.5, 0.6) is 0 Å². The van der Waals surface area contributed by atoms with Crippen molar-refractivity contribution in [1.29, 1.82) is 0 Å². The molecule has 0 aromatic heterocycles. The van der Waals surface area contributed by atoms with Crippen LogP contribution in [0.1, 0.15) is 84.0 Å². The zero-order valence-electron chi connectivity index (χ0n) is 14.3. The molecule has 0 saturated heterocycles. The predicted molar refractivity (Wildman–Crippen MR) is 96.1 cm³/mol. The molecule has 2 nitrogen and oxygen atoms in total. The van der Waals surface area contributed by atoms with Gasteiger partial charge in [-0.15, -0.1) is 0 Å². The van der Waals surface area contributed by atoms with E-state index in [1.54, 1.807) is 6.08 Å². The van der Waals surface area contributed by atoms with Crippen LogP contribution in [0.4, 0.5) is 0 Å². The molecule has 1 N–H and O–H groups in total. The lowest BCUT2D eigenvalue weighted by Gasteiger charge is -2.01. The number of carbonyl (C=O) groups is 1. The average molecular weight is 306 g/mol. The highest BCUT2D eigenvalue weighted by Crippen LogP contribution is 2.11. The second kappa shape index (κ2) is 17.7. The molecule has 0 fully saturated rings. The van der Waals surface area contributed by atoms with Gasteiger partial charge in [0.2, 0.25) is 0 Å². The van der Waals surface area contributed by atoms with Gasteiger partial charge in [0.05, 0.1) is 0 Å². The number of carboxylic acid groups (broad SMARTS) is 1. The zero-order chi connectivity index (χ0) is 16.3. The number of carboxylic acids is 1. The minimum Gasteiger partial charge on any atom is -0.478 e. The summed E-state index contributed by atoms with van der Waals surface area (Å²) in [5, 5.41) is 8.40. The quantitative estimate of drug-likeness (QED) is 0.215. The van der Waals surface area contributed by atoms with Gasteiger partial charge in [-0.25, -0.2) is 4.79 Å². The van der Waals surface area contributed by atoms with Gasteiger partial charge >= 0.3 is 5.97 Å². The number of rotatable bonds is 15. The predicted octanol–water partition coefficient (Wildman–Crippen LogP) is 6.44. The van der Waals surface area contributed by atoms with E-state index in [0.717, 1.165) is 12.5 Å². The van der Waals surface area contributed by atoms with E-state index in [4.69, 9.17) is 5.11 Å². The van der Waals surface area contributed by atoms with Gasteiger partial charge in [-0.1, -0.05) is 102 Å². The number of hydrogen-bond acceptors (Lipinski definition) is 1. The molecular formula is C20H34O2. The molecule has 0 saturated carbocycles. The fourth-order valence-electron chi connectivity index (χ4n) is 2.37. The van der Waals surface area contributed by atoms with Crippen LogP contribution >= 0.6 is 0 Å². The van der Waals surface area contributed by atoms with Crippen LogP contribution in [-0.4, -0.2) is 11.1 Å². The van der Waals surface area contributed by atoms with Crippen LogP contribution < -0.4 is 0 Å². The average Bonchev–Trinajstić information content (AvgIpc) is 2.50. The second-order valence-corrected chi connectivity index (χ2v) is 5.83. The SMILES string of the molecule is CCCCCCCCCCCCC/C=C/C=C/C=C/C(=O)O. The molecule has 0 heterocycles. The van der Waals surface area contributed by atoms with Crippen molar-refractivity contribution in [1.82, 2.24) is 0 Å². The highest BCUT2D eigenvalue weighted by atomic mass is 16.4. The Bertz CT molecular complexity index is 327. The van der Waals surface area contributed by atoms with Crippen LogP contribution in [0.25, 0.3) is 0 Å². The molecule has 0 aliphatic heterocycles. The summed E-state index contributed by atoms with van der Waals surface area (Å²) in [7, 11) is 0. The molecule has 0 aromatic rings. The molecule has 0 rings (SSSR count). The summed E-state index contributed by atoms with van der Waals surface area (Å²) in [5.41, 5.74) is 0. The molecular weight excluding hydrogens is 272 g/mol. The van der Waals surface area contributed by atoms with Gasteiger partial charge in [0.15, 0.2) is 0 Å². The van der Waals surface area contributed by atoms with Gasteiger partial charge < -0.3 is 5.11 Å². The highest BCUT2D eigenvalue weighted by molar-refractivity contribution is 5.80. The van der Waals surface area contributed by atoms with Gasteiger partial charge in [-0.2, -0.15) is 0 Å². The fraction of sp³-hybridized carbons (Fsp3) is 0.650. The van der Waals surface area contributed by atoms with E-state index in [9.17, 15) is 4.79 Å². The topological polar surface area (TPSA) is 37.3 Å². The Labute approximate surface area is 137 Å². The number of allylic oxidation sites excluding steroid dienone is 5. The van der Waals surface area contributed by atoms with Crippen LogP contribution in [0, 0.1) is 0 Å². The van der Waals surface area contributed by atoms with E-state index in [0.29, 0.717) is 0 Å². The Morgan fingerprint density at radius 2 is 1.23 bits per heavy atom. The van der Waals surface area contributed by atoms with Crippen LogP contribution in [0.15, 0.2) is 36.5 Å². The lowest BCUT2D eigenvalue weighted by atomic mass is 10.1. The van der Waals surface area contributed by atoms with Crippen molar-refractivity contribution in [2.24, 2.45) is 0 Å². The molecule has 0 aliphatic carbocycles. The monoisotopic (exact) mass is 306 g/mol. The summed E-state index contributed by atoms with van der Waals surface area (Å²) < 4.78 is 0. The van der Waals surface area contributed by atoms with Gasteiger partial charge in [-0.3, -0.25) is 0 Å². The molecule has 0 spiro atoms. The second-order valence-electron chi connectivity index (χ2n) is 5.83. The van der Waals surface area contributed by atoms with Crippen molar-refractivity contribution in [3.63, 3.8) is 0 Å². The third-order valence-electron chi connectivity index (χ3n) is 3.68. The van der Waals surface area contributed by atoms with Gasteiger partial charge in [0.1, 0.15) is 0 Å². The molecule has 0 amide bonds. The summed E-state index contributed by atoms with van der Waals surface area (Å²) in [4.78, 5) is 10.2. The number of unbranched alkanes of at least 4 members (excludes halogenated alkanes) is 11. The van der Waals surface area contributed by atoms with Gasteiger partial charge in [-0.05, 0) is 12.8 Å². The Morgan fingerprint density at radius 3 is 1.77 bits per heavy atom. The first-order chi connectivity index (χ1) is 10.8. The van der Waals surface area contributed by atoms with Crippen molar-refractivity contribution in [2.75, 3.05) is 0 Å². The van der Waals surface area contributed by atoms with Crippen molar-refractivity contribution >= 4 is 5.97 Å². The molecule has 0 atom stereocenters. The van der Waals surface area contributed by atoms with Crippen molar-refractivity contribution in [3.05, 3.63) is 36.5 Å². The largest absolute Gasteiger partial charge is 0.478 e. The maximum absolute atomic E-state index is 10.2. The minimum atomic E-state index is -0.908. The normalized spacial score (nSPS) is 12.0. The highest BCUT2D eigenvalue weighted by Gasteiger charge is 1.92. The Hall–Kier alpha value is -1.31. The summed E-state index contributed by atoms with van der Waals surface area (Å²) >= 11 is 0. The van der Waals surface area contributed by atoms with E-state index < -0.39 is 5.97 Å². The Kier molecular flexibility index (Phi) is 16.7. The van der Waals surface area contributed by atoms with E-state index in [1.807, 2.05) is 12.2 Å². The first-order valence-electron chi connectivity index (χ1n) is 9.00. The first-order valence-corrected chi connectivity index (χ1v) is 9.00. The van der Waals surface area contributed by atoms with E-state index in [2.05, 4.69) is 13.0 Å². The summed E-state index contributed by atoms with van der Waals surface area (Å²) in [5.74, 6) is -0.908. The maximum atomic E-state index is 10.2. The zero-order valence-corrected chi connectivity index (χ0v) is 14.3. The first kappa shape index (κ1) is 20.7. The standard InChI is InChI=1S/C20H34O2/c1-2-3-4-5-6-7-8-9-10-11-12-13-14-15-16-17-18-19-20(21)22/h14-19H,2-13H2,1H3,(H,21,22)/b15-14+,17-16+,19-18+. The van der Waals surface area contributed by atoms with Crippen LogP contribution in [0.3, 0.4) is 0 Å². The van der Waals surface area contributed by atoms with Crippen LogP contribution in [-0.2, 0) is 4.79 Å². The molecule has 0 bridgehead atoms. The third kappa shape index (κ3) is 18.7. The third-order valence-corrected chi connectivity index (χ3v) is 3.68. The molecule has 0 aromatic carbocycles.